The number of benzene rings is 2. The molecule has 6 heteroatoms. The lowest BCUT2D eigenvalue weighted by molar-refractivity contribution is -0.205. The summed E-state index contributed by atoms with van der Waals surface area (Å²) in [7, 11) is 5.63. The van der Waals surface area contributed by atoms with Crippen molar-refractivity contribution in [2.24, 2.45) is 0 Å². The lowest BCUT2D eigenvalue weighted by Gasteiger charge is -2.48. The van der Waals surface area contributed by atoms with Gasteiger partial charge in [0.25, 0.3) is 0 Å². The van der Waals surface area contributed by atoms with Crippen molar-refractivity contribution in [1.29, 1.82) is 0 Å². The molecule has 1 spiro atoms. The van der Waals surface area contributed by atoms with Crippen LogP contribution in [0.3, 0.4) is 0 Å². The average molecular weight is 454 g/mol. The molecule has 0 N–H and O–H groups in total. The van der Waals surface area contributed by atoms with Crippen molar-refractivity contribution in [2.75, 3.05) is 41.0 Å². The number of fused-ring (bicyclic) bond motifs is 1. The van der Waals surface area contributed by atoms with E-state index in [2.05, 4.69) is 37.1 Å². The van der Waals surface area contributed by atoms with E-state index in [-0.39, 0.29) is 11.5 Å². The highest BCUT2D eigenvalue weighted by atomic mass is 16.8. The molecule has 6 nitrogen and oxygen atoms in total. The van der Waals surface area contributed by atoms with Crippen molar-refractivity contribution < 1.29 is 23.7 Å². The number of methoxy groups -OCH3 is 2. The third-order valence-electron chi connectivity index (χ3n) is 7.91. The number of rotatable bonds is 6. The molecule has 4 unspecified atom stereocenters. The summed E-state index contributed by atoms with van der Waals surface area (Å²) in [6, 6.07) is 14.8. The third kappa shape index (κ3) is 3.98. The molecule has 5 rings (SSSR count). The highest BCUT2D eigenvalue weighted by Gasteiger charge is 2.57. The van der Waals surface area contributed by atoms with Crippen LogP contribution in [0.2, 0.25) is 0 Å². The molecule has 0 aromatic heterocycles. The van der Waals surface area contributed by atoms with Crippen LogP contribution in [0, 0.1) is 6.92 Å². The fourth-order valence-corrected chi connectivity index (χ4v) is 6.10. The smallest absolute Gasteiger partial charge is 0.170 e. The maximum atomic E-state index is 6.55. The van der Waals surface area contributed by atoms with Crippen molar-refractivity contribution in [3.63, 3.8) is 0 Å². The normalized spacial score (nSPS) is 31.5. The Morgan fingerprint density at radius 3 is 2.55 bits per heavy atom. The van der Waals surface area contributed by atoms with Gasteiger partial charge in [0.1, 0.15) is 18.5 Å². The Morgan fingerprint density at radius 2 is 1.79 bits per heavy atom. The van der Waals surface area contributed by atoms with Gasteiger partial charge in [0.05, 0.1) is 20.8 Å². The SMILES string of the molecule is COc1ccc(C23CCN(C)C2CC2(CC3)OCC(COc3ccccc3OC)O2)cc1C. The van der Waals surface area contributed by atoms with Crippen LogP contribution in [-0.4, -0.2) is 63.9 Å². The van der Waals surface area contributed by atoms with Crippen LogP contribution < -0.4 is 14.2 Å². The van der Waals surface area contributed by atoms with Crippen LogP contribution in [0.15, 0.2) is 42.5 Å². The Hall–Kier alpha value is -2.28. The van der Waals surface area contributed by atoms with E-state index in [1.165, 1.54) is 11.1 Å². The minimum Gasteiger partial charge on any atom is -0.496 e. The predicted molar refractivity (Wildman–Crippen MR) is 126 cm³/mol. The Balaban J connectivity index is 1.29. The first kappa shape index (κ1) is 22.5. The molecule has 1 aliphatic carbocycles. The Labute approximate surface area is 196 Å². The van der Waals surface area contributed by atoms with E-state index in [0.29, 0.717) is 19.3 Å². The van der Waals surface area contributed by atoms with Gasteiger partial charge in [0.2, 0.25) is 0 Å². The molecule has 0 amide bonds. The summed E-state index contributed by atoms with van der Waals surface area (Å²) in [6.07, 6.45) is 3.90. The van der Waals surface area contributed by atoms with Gasteiger partial charge in [0.15, 0.2) is 17.3 Å². The van der Waals surface area contributed by atoms with Crippen molar-refractivity contribution in [3.8, 4) is 17.2 Å². The molecule has 2 saturated heterocycles. The topological polar surface area (TPSA) is 49.4 Å². The van der Waals surface area contributed by atoms with Gasteiger partial charge in [-0.2, -0.15) is 0 Å². The summed E-state index contributed by atoms with van der Waals surface area (Å²) in [5.74, 6) is 1.89. The summed E-state index contributed by atoms with van der Waals surface area (Å²) >= 11 is 0. The van der Waals surface area contributed by atoms with Gasteiger partial charge in [-0.25, -0.2) is 0 Å². The number of likely N-dealkylation sites (tertiary alicyclic amines) is 1. The quantitative estimate of drug-likeness (QED) is 0.649. The Bertz CT molecular complexity index is 996. The summed E-state index contributed by atoms with van der Waals surface area (Å²) in [5, 5.41) is 0. The number of hydrogen-bond acceptors (Lipinski definition) is 6. The van der Waals surface area contributed by atoms with Gasteiger partial charge in [0, 0.05) is 24.3 Å². The minimum absolute atomic E-state index is 0.0858. The molecule has 0 bridgehead atoms. The fraction of sp³-hybridized carbons (Fsp3) is 0.556. The zero-order valence-electron chi connectivity index (χ0n) is 20.1. The molecular formula is C27H35NO5. The van der Waals surface area contributed by atoms with Crippen molar-refractivity contribution in [2.45, 2.75) is 56.0 Å². The van der Waals surface area contributed by atoms with E-state index < -0.39 is 5.79 Å². The van der Waals surface area contributed by atoms with E-state index in [9.17, 15) is 0 Å². The number of aryl methyl sites for hydroxylation is 1. The number of para-hydroxylation sites is 2. The van der Waals surface area contributed by atoms with Crippen LogP contribution in [0.5, 0.6) is 17.2 Å². The first-order chi connectivity index (χ1) is 16.0. The maximum absolute atomic E-state index is 6.55. The number of likely N-dealkylation sites (N-methyl/N-ethyl adjacent to an activating group) is 1. The van der Waals surface area contributed by atoms with Gasteiger partial charge in [-0.1, -0.05) is 24.3 Å². The van der Waals surface area contributed by atoms with E-state index in [4.69, 9.17) is 23.7 Å². The van der Waals surface area contributed by atoms with Gasteiger partial charge in [-0.15, -0.1) is 0 Å². The van der Waals surface area contributed by atoms with E-state index in [1.54, 1.807) is 14.2 Å². The third-order valence-corrected chi connectivity index (χ3v) is 7.91. The van der Waals surface area contributed by atoms with Gasteiger partial charge >= 0.3 is 0 Å². The molecule has 3 aliphatic rings. The summed E-state index contributed by atoms with van der Waals surface area (Å²) in [5.41, 5.74) is 2.74. The second kappa shape index (κ2) is 8.82. The highest BCUT2D eigenvalue weighted by molar-refractivity contribution is 5.42. The molecule has 2 heterocycles. The Morgan fingerprint density at radius 1 is 1.00 bits per heavy atom. The van der Waals surface area contributed by atoms with Crippen LogP contribution >= 0.6 is 0 Å². The minimum atomic E-state index is -0.525. The number of ether oxygens (including phenoxy) is 5. The molecule has 33 heavy (non-hydrogen) atoms. The van der Waals surface area contributed by atoms with Gasteiger partial charge in [-0.3, -0.25) is 0 Å². The van der Waals surface area contributed by atoms with Gasteiger partial charge < -0.3 is 28.6 Å². The van der Waals surface area contributed by atoms with Crippen LogP contribution in [0.25, 0.3) is 0 Å². The van der Waals surface area contributed by atoms with E-state index in [1.807, 2.05) is 24.3 Å². The predicted octanol–water partition coefficient (Wildman–Crippen LogP) is 4.33. The van der Waals surface area contributed by atoms with E-state index >= 15 is 0 Å². The van der Waals surface area contributed by atoms with Crippen LogP contribution in [0.4, 0.5) is 0 Å². The fourth-order valence-electron chi connectivity index (χ4n) is 6.10. The lowest BCUT2D eigenvalue weighted by Crippen LogP contribution is -2.53. The number of nitrogens with zero attached hydrogens (tertiary/aromatic N) is 1. The first-order valence-electron chi connectivity index (χ1n) is 11.9. The van der Waals surface area contributed by atoms with Crippen LogP contribution in [0.1, 0.15) is 36.8 Å². The van der Waals surface area contributed by atoms with Crippen molar-refractivity contribution in [1.82, 2.24) is 4.90 Å². The van der Waals surface area contributed by atoms with Crippen molar-refractivity contribution in [3.05, 3.63) is 53.6 Å². The molecule has 3 fully saturated rings. The molecular weight excluding hydrogens is 418 g/mol. The second-order valence-corrected chi connectivity index (χ2v) is 9.71. The average Bonchev–Trinajstić information content (AvgIpc) is 3.39. The lowest BCUT2D eigenvalue weighted by atomic mass is 9.64. The number of hydrogen-bond donors (Lipinski definition) is 0. The van der Waals surface area contributed by atoms with Crippen LogP contribution in [-0.2, 0) is 14.9 Å². The zero-order chi connectivity index (χ0) is 23.1. The molecule has 0 radical (unpaired) electrons. The molecule has 2 aromatic carbocycles. The maximum Gasteiger partial charge on any atom is 0.170 e. The first-order valence-corrected chi connectivity index (χ1v) is 11.9. The summed E-state index contributed by atoms with van der Waals surface area (Å²) in [6.45, 7) is 4.23. The monoisotopic (exact) mass is 453 g/mol. The van der Waals surface area contributed by atoms with E-state index in [0.717, 1.165) is 49.5 Å². The largest absolute Gasteiger partial charge is 0.496 e. The highest BCUT2D eigenvalue weighted by Crippen LogP contribution is 2.53. The zero-order valence-corrected chi connectivity index (χ0v) is 20.1. The van der Waals surface area contributed by atoms with Crippen molar-refractivity contribution >= 4 is 0 Å². The Kier molecular flexibility index (Phi) is 6.02. The second-order valence-electron chi connectivity index (χ2n) is 9.71. The molecule has 2 aromatic rings. The van der Waals surface area contributed by atoms with Gasteiger partial charge in [-0.05, 0) is 62.7 Å². The molecule has 2 aliphatic heterocycles. The summed E-state index contributed by atoms with van der Waals surface area (Å²) in [4.78, 5) is 2.49. The molecule has 4 atom stereocenters. The molecule has 1 saturated carbocycles. The summed E-state index contributed by atoms with van der Waals surface area (Å²) < 4.78 is 29.8. The molecule has 178 valence electrons. The standard InChI is InChI=1S/C27H35NO5/c1-19-15-20(9-10-22(19)29-3)26-11-12-27(16-25(26)28(2)14-13-26)32-18-21(33-27)17-31-24-8-6-5-7-23(24)30-4/h5-10,15,21,25H,11-14,16-18H2,1-4H3.